The molecule has 0 unspecified atom stereocenters. The molecule has 1 aliphatic rings. The lowest BCUT2D eigenvalue weighted by molar-refractivity contribution is 0.188. The number of methoxy groups -OCH3 is 1. The number of hydrogen-bond donors (Lipinski definition) is 2. The van der Waals surface area contributed by atoms with E-state index in [1.807, 2.05) is 32.0 Å². The average Bonchev–Trinajstić information content (AvgIpc) is 2.98. The highest BCUT2D eigenvalue weighted by Gasteiger charge is 2.22. The van der Waals surface area contributed by atoms with Crippen molar-refractivity contribution in [2.75, 3.05) is 33.4 Å². The van der Waals surface area contributed by atoms with E-state index in [0.717, 1.165) is 42.5 Å². The molecule has 0 aliphatic carbocycles. The Hall–Kier alpha value is -1.22. The molecule has 1 fully saturated rings. The number of aliphatic imine (C=N–C) groups is 1. The number of β-amino-alcohol motifs (C(OH)–C–C–N with tert-alkyl or cyclic N) is 1. The van der Waals surface area contributed by atoms with Gasteiger partial charge < -0.3 is 24.8 Å². The Balaban J connectivity index is 0.00000288. The molecule has 1 saturated heterocycles. The Morgan fingerprint density at radius 2 is 2.17 bits per heavy atom. The van der Waals surface area contributed by atoms with Crippen LogP contribution in [0.25, 0.3) is 0 Å². The summed E-state index contributed by atoms with van der Waals surface area (Å²) in [4.78, 5) is 6.78. The molecule has 0 spiro atoms. The molecule has 6 nitrogen and oxygen atoms in total. The van der Waals surface area contributed by atoms with Gasteiger partial charge in [-0.1, -0.05) is 6.07 Å². The number of hydrogen-bond acceptors (Lipinski definition) is 4. The van der Waals surface area contributed by atoms with Crippen LogP contribution in [0.3, 0.4) is 0 Å². The van der Waals surface area contributed by atoms with Crippen molar-refractivity contribution in [2.24, 2.45) is 4.99 Å². The summed E-state index contributed by atoms with van der Waals surface area (Å²) >= 11 is 0. The molecule has 1 aromatic rings. The number of rotatable bonds is 6. The van der Waals surface area contributed by atoms with Crippen LogP contribution < -0.4 is 14.8 Å². The van der Waals surface area contributed by atoms with Crippen molar-refractivity contribution >= 4 is 29.9 Å². The molecule has 1 atom stereocenters. The van der Waals surface area contributed by atoms with Gasteiger partial charge in [0.2, 0.25) is 0 Å². The molecule has 0 saturated carbocycles. The van der Waals surface area contributed by atoms with Gasteiger partial charge in [-0.25, -0.2) is 4.99 Å². The minimum Gasteiger partial charge on any atom is -0.493 e. The number of likely N-dealkylation sites (tertiary alicyclic amines) is 1. The summed E-state index contributed by atoms with van der Waals surface area (Å²) in [7, 11) is 1.64. The highest BCUT2D eigenvalue weighted by Crippen LogP contribution is 2.28. The predicted octanol–water partition coefficient (Wildman–Crippen LogP) is 2.24. The van der Waals surface area contributed by atoms with Gasteiger partial charge in [-0.15, -0.1) is 24.0 Å². The molecule has 0 radical (unpaired) electrons. The van der Waals surface area contributed by atoms with Crippen LogP contribution in [-0.2, 0) is 6.54 Å². The lowest BCUT2D eigenvalue weighted by Gasteiger charge is -2.21. The number of nitrogens with zero attached hydrogens (tertiary/aromatic N) is 2. The second kappa shape index (κ2) is 10.6. The van der Waals surface area contributed by atoms with Crippen molar-refractivity contribution in [3.8, 4) is 11.5 Å². The third kappa shape index (κ3) is 5.70. The van der Waals surface area contributed by atoms with Gasteiger partial charge in [0, 0.05) is 19.6 Å². The first-order chi connectivity index (χ1) is 11.2. The van der Waals surface area contributed by atoms with Crippen LogP contribution in [0.2, 0.25) is 0 Å². The van der Waals surface area contributed by atoms with Gasteiger partial charge in [-0.3, -0.25) is 0 Å². The Bertz CT molecular complexity index is 540. The van der Waals surface area contributed by atoms with Gasteiger partial charge in [0.15, 0.2) is 17.5 Å². The predicted molar refractivity (Wildman–Crippen MR) is 107 cm³/mol. The first-order valence-corrected chi connectivity index (χ1v) is 8.19. The van der Waals surface area contributed by atoms with Crippen molar-refractivity contribution in [3.05, 3.63) is 23.8 Å². The molecule has 136 valence electrons. The minimum absolute atomic E-state index is 0. The second-order valence-corrected chi connectivity index (χ2v) is 5.48. The lowest BCUT2D eigenvalue weighted by atomic mass is 10.2. The van der Waals surface area contributed by atoms with Gasteiger partial charge in [0.1, 0.15) is 0 Å². The second-order valence-electron chi connectivity index (χ2n) is 5.48. The van der Waals surface area contributed by atoms with E-state index in [9.17, 15) is 5.11 Å². The van der Waals surface area contributed by atoms with E-state index in [0.29, 0.717) is 19.7 Å². The van der Waals surface area contributed by atoms with Crippen LogP contribution in [-0.4, -0.2) is 55.4 Å². The van der Waals surface area contributed by atoms with Crippen LogP contribution in [0, 0.1) is 0 Å². The molecule has 0 amide bonds. The maximum atomic E-state index is 9.70. The zero-order valence-electron chi connectivity index (χ0n) is 14.6. The maximum absolute atomic E-state index is 9.70. The van der Waals surface area contributed by atoms with Crippen molar-refractivity contribution in [3.63, 3.8) is 0 Å². The quantitative estimate of drug-likeness (QED) is 0.396. The summed E-state index contributed by atoms with van der Waals surface area (Å²) in [5, 5.41) is 13.0. The summed E-state index contributed by atoms with van der Waals surface area (Å²) in [6.07, 6.45) is 0.533. The minimum atomic E-state index is -0.260. The third-order valence-corrected chi connectivity index (χ3v) is 3.74. The molecular formula is C17H28IN3O3. The molecule has 2 N–H and O–H groups in total. The van der Waals surface area contributed by atoms with Gasteiger partial charge in [0.05, 0.1) is 26.4 Å². The van der Waals surface area contributed by atoms with Crippen LogP contribution in [0.4, 0.5) is 0 Å². The fourth-order valence-corrected chi connectivity index (χ4v) is 2.61. The van der Waals surface area contributed by atoms with Gasteiger partial charge >= 0.3 is 0 Å². The SMILES string of the molecule is CCNC(=NCc1ccc(OC)c(OCC)c1)N1CC[C@@H](O)C1.I. The summed E-state index contributed by atoms with van der Waals surface area (Å²) < 4.78 is 10.9. The molecule has 2 rings (SSSR count). The fraction of sp³-hybridized carbons (Fsp3) is 0.588. The van der Waals surface area contributed by atoms with Gasteiger partial charge in [-0.2, -0.15) is 0 Å². The van der Waals surface area contributed by atoms with E-state index in [-0.39, 0.29) is 30.1 Å². The molecule has 0 bridgehead atoms. The summed E-state index contributed by atoms with van der Waals surface area (Å²) in [5.74, 6) is 2.32. The highest BCUT2D eigenvalue weighted by atomic mass is 127. The maximum Gasteiger partial charge on any atom is 0.194 e. The summed E-state index contributed by atoms with van der Waals surface area (Å²) in [5.41, 5.74) is 1.06. The lowest BCUT2D eigenvalue weighted by Crippen LogP contribution is -2.40. The van der Waals surface area contributed by atoms with E-state index >= 15 is 0 Å². The molecule has 1 aromatic carbocycles. The van der Waals surface area contributed by atoms with Crippen LogP contribution in [0.5, 0.6) is 11.5 Å². The zero-order valence-corrected chi connectivity index (χ0v) is 16.9. The molecule has 1 aliphatic heterocycles. The number of guanidine groups is 1. The first-order valence-electron chi connectivity index (χ1n) is 8.19. The Morgan fingerprint density at radius 3 is 2.75 bits per heavy atom. The van der Waals surface area contributed by atoms with Crippen LogP contribution in [0.15, 0.2) is 23.2 Å². The smallest absolute Gasteiger partial charge is 0.194 e. The van der Waals surface area contributed by atoms with Crippen molar-refractivity contribution < 1.29 is 14.6 Å². The normalized spacial score (nSPS) is 17.4. The Labute approximate surface area is 161 Å². The fourth-order valence-electron chi connectivity index (χ4n) is 2.61. The van der Waals surface area contributed by atoms with E-state index in [1.165, 1.54) is 0 Å². The largest absolute Gasteiger partial charge is 0.493 e. The topological polar surface area (TPSA) is 66.3 Å². The van der Waals surface area contributed by atoms with E-state index in [4.69, 9.17) is 9.47 Å². The van der Waals surface area contributed by atoms with Crippen LogP contribution in [0.1, 0.15) is 25.8 Å². The monoisotopic (exact) mass is 449 g/mol. The molecule has 24 heavy (non-hydrogen) atoms. The molecule has 7 heteroatoms. The van der Waals surface area contributed by atoms with E-state index < -0.39 is 0 Å². The van der Waals surface area contributed by atoms with Crippen LogP contribution >= 0.6 is 24.0 Å². The Kier molecular flexibility index (Phi) is 9.20. The first kappa shape index (κ1) is 20.8. The summed E-state index contributed by atoms with van der Waals surface area (Å²) in [6.45, 7) is 7.42. The van der Waals surface area contributed by atoms with E-state index in [1.54, 1.807) is 7.11 Å². The average molecular weight is 449 g/mol. The Morgan fingerprint density at radius 1 is 1.38 bits per heavy atom. The molecular weight excluding hydrogens is 421 g/mol. The van der Waals surface area contributed by atoms with Crippen molar-refractivity contribution in [2.45, 2.75) is 32.9 Å². The number of ether oxygens (including phenoxy) is 2. The number of halogens is 1. The molecule has 1 heterocycles. The van der Waals surface area contributed by atoms with Crippen molar-refractivity contribution in [1.82, 2.24) is 10.2 Å². The third-order valence-electron chi connectivity index (χ3n) is 3.74. The summed E-state index contributed by atoms with van der Waals surface area (Å²) in [6, 6.07) is 5.86. The highest BCUT2D eigenvalue weighted by molar-refractivity contribution is 14.0. The molecule has 0 aromatic heterocycles. The standard InChI is InChI=1S/C17H27N3O3.HI/c1-4-18-17(20-9-8-14(21)12-20)19-11-13-6-7-15(22-3)16(10-13)23-5-2;/h6-7,10,14,21H,4-5,8-9,11-12H2,1-3H3,(H,18,19);1H/t14-;/m1./s1. The zero-order chi connectivity index (χ0) is 16.7. The number of aliphatic hydroxyl groups excluding tert-OH is 1. The number of aliphatic hydroxyl groups is 1. The number of benzene rings is 1. The van der Waals surface area contributed by atoms with Crippen molar-refractivity contribution in [1.29, 1.82) is 0 Å². The van der Waals surface area contributed by atoms with Gasteiger partial charge in [0.25, 0.3) is 0 Å². The van der Waals surface area contributed by atoms with E-state index in [2.05, 4.69) is 15.2 Å². The number of nitrogens with one attached hydrogen (secondary N) is 1. The van der Waals surface area contributed by atoms with Gasteiger partial charge in [-0.05, 0) is 38.0 Å².